The fraction of sp³-hybridized carbons (Fsp3) is 0.571. The van der Waals surface area contributed by atoms with Gasteiger partial charge in [-0.3, -0.25) is 4.79 Å². The van der Waals surface area contributed by atoms with Gasteiger partial charge in [-0.15, -0.1) is 0 Å². The molecule has 2 heterocycles. The molecule has 0 unspecified atom stereocenters. The van der Waals surface area contributed by atoms with Gasteiger partial charge < -0.3 is 15.0 Å². The minimum Gasteiger partial charge on any atom is -0.468 e. The first kappa shape index (κ1) is 16.5. The molecule has 0 spiro atoms. The van der Waals surface area contributed by atoms with Crippen molar-refractivity contribution >= 4 is 5.91 Å². The maximum absolute atomic E-state index is 12.4. The van der Waals surface area contributed by atoms with Crippen LogP contribution in [0.25, 0.3) is 0 Å². The van der Waals surface area contributed by atoms with Crippen LogP contribution in [0.1, 0.15) is 24.2 Å². The van der Waals surface area contributed by atoms with Crippen molar-refractivity contribution in [1.29, 1.82) is 0 Å². The standard InChI is InChI=1S/C14H18F3N3O2/c1-9-6-20(7-10(2)19-9)13(21)11-3-4-12(18-5-11)22-8-14(15,16)17/h3-5,9-10,19H,6-8H2,1-2H3/t9-,10+. The van der Waals surface area contributed by atoms with E-state index in [0.29, 0.717) is 18.7 Å². The smallest absolute Gasteiger partial charge is 0.422 e. The molecule has 0 aliphatic carbocycles. The zero-order valence-electron chi connectivity index (χ0n) is 12.4. The first-order chi connectivity index (χ1) is 10.2. The molecule has 8 heteroatoms. The predicted octanol–water partition coefficient (Wildman–Crippen LogP) is 1.85. The minimum absolute atomic E-state index is 0.157. The fourth-order valence-corrected chi connectivity index (χ4v) is 2.42. The number of ether oxygens (including phenoxy) is 1. The van der Waals surface area contributed by atoms with Crippen LogP contribution in [-0.4, -0.2) is 53.7 Å². The molecule has 5 nitrogen and oxygen atoms in total. The van der Waals surface area contributed by atoms with Crippen LogP contribution in [0.5, 0.6) is 5.88 Å². The number of aromatic nitrogens is 1. The van der Waals surface area contributed by atoms with Crippen molar-refractivity contribution < 1.29 is 22.7 Å². The maximum atomic E-state index is 12.4. The van der Waals surface area contributed by atoms with Crippen LogP contribution in [0.15, 0.2) is 18.3 Å². The average molecular weight is 317 g/mol. The summed E-state index contributed by atoms with van der Waals surface area (Å²) in [7, 11) is 0. The summed E-state index contributed by atoms with van der Waals surface area (Å²) in [5, 5.41) is 3.32. The van der Waals surface area contributed by atoms with Crippen molar-refractivity contribution in [2.24, 2.45) is 0 Å². The molecule has 22 heavy (non-hydrogen) atoms. The lowest BCUT2D eigenvalue weighted by atomic mass is 10.1. The second-order valence-corrected chi connectivity index (χ2v) is 5.47. The molecule has 2 atom stereocenters. The highest BCUT2D eigenvalue weighted by Gasteiger charge is 2.29. The molecule has 1 aromatic rings. The number of rotatable bonds is 3. The Morgan fingerprint density at radius 2 is 2.00 bits per heavy atom. The van der Waals surface area contributed by atoms with E-state index in [0.717, 1.165) is 0 Å². The van der Waals surface area contributed by atoms with Crippen LogP contribution >= 0.6 is 0 Å². The van der Waals surface area contributed by atoms with Crippen molar-refractivity contribution in [3.8, 4) is 5.88 Å². The summed E-state index contributed by atoms with van der Waals surface area (Å²) in [4.78, 5) is 17.8. The molecule has 122 valence electrons. The third-order valence-electron chi connectivity index (χ3n) is 3.21. The first-order valence-corrected chi connectivity index (χ1v) is 6.95. The largest absolute Gasteiger partial charge is 0.468 e. The lowest BCUT2D eigenvalue weighted by Gasteiger charge is -2.36. The van der Waals surface area contributed by atoms with E-state index in [4.69, 9.17) is 0 Å². The van der Waals surface area contributed by atoms with Crippen molar-refractivity contribution in [1.82, 2.24) is 15.2 Å². The van der Waals surface area contributed by atoms with Gasteiger partial charge in [-0.1, -0.05) is 0 Å². The Kier molecular flexibility index (Phi) is 4.90. The number of hydrogen-bond acceptors (Lipinski definition) is 4. The molecule has 1 amide bonds. The number of nitrogens with zero attached hydrogens (tertiary/aromatic N) is 2. The Balaban J connectivity index is 1.99. The van der Waals surface area contributed by atoms with E-state index >= 15 is 0 Å². The van der Waals surface area contributed by atoms with E-state index in [1.165, 1.54) is 18.3 Å². The van der Waals surface area contributed by atoms with Gasteiger partial charge in [0.05, 0.1) is 5.56 Å². The van der Waals surface area contributed by atoms with E-state index in [2.05, 4.69) is 15.0 Å². The normalized spacial score (nSPS) is 22.5. The molecule has 1 fully saturated rings. The Labute approximate surface area is 126 Å². The SMILES string of the molecule is C[C@@H]1CN(C(=O)c2ccc(OCC(F)(F)F)nc2)C[C@H](C)N1. The molecule has 1 aliphatic rings. The molecule has 1 aliphatic heterocycles. The summed E-state index contributed by atoms with van der Waals surface area (Å²) in [6.45, 7) is 3.73. The summed E-state index contributed by atoms with van der Waals surface area (Å²) in [6, 6.07) is 3.08. The molecular formula is C14H18F3N3O2. The summed E-state index contributed by atoms with van der Waals surface area (Å²) in [6.07, 6.45) is -3.17. The van der Waals surface area contributed by atoms with E-state index in [9.17, 15) is 18.0 Å². The number of hydrogen-bond donors (Lipinski definition) is 1. The number of halogens is 3. The number of carbonyl (C=O) groups is 1. The van der Waals surface area contributed by atoms with Crippen molar-refractivity contribution in [3.05, 3.63) is 23.9 Å². The summed E-state index contributed by atoms with van der Waals surface area (Å²) in [5.74, 6) is -0.342. The van der Waals surface area contributed by atoms with Crippen LogP contribution in [0, 0.1) is 0 Å². The minimum atomic E-state index is -4.41. The van der Waals surface area contributed by atoms with Crippen LogP contribution < -0.4 is 10.1 Å². The Morgan fingerprint density at radius 3 is 2.50 bits per heavy atom. The molecule has 0 radical (unpaired) electrons. The zero-order valence-corrected chi connectivity index (χ0v) is 12.4. The molecular weight excluding hydrogens is 299 g/mol. The van der Waals surface area contributed by atoms with Crippen LogP contribution in [0.3, 0.4) is 0 Å². The molecule has 0 bridgehead atoms. The molecule has 1 N–H and O–H groups in total. The van der Waals surface area contributed by atoms with Crippen molar-refractivity contribution in [2.75, 3.05) is 19.7 Å². The van der Waals surface area contributed by atoms with E-state index < -0.39 is 12.8 Å². The predicted molar refractivity (Wildman–Crippen MR) is 73.8 cm³/mol. The third kappa shape index (κ3) is 4.59. The first-order valence-electron chi connectivity index (χ1n) is 6.95. The summed E-state index contributed by atoms with van der Waals surface area (Å²) < 4.78 is 40.7. The van der Waals surface area contributed by atoms with Gasteiger partial charge in [-0.05, 0) is 19.9 Å². The molecule has 0 aromatic carbocycles. The van der Waals surface area contributed by atoms with Gasteiger partial charge in [0, 0.05) is 37.4 Å². The lowest BCUT2D eigenvalue weighted by Crippen LogP contribution is -2.55. The molecule has 0 saturated carbocycles. The van der Waals surface area contributed by atoms with Gasteiger partial charge in [0.2, 0.25) is 5.88 Å². The monoisotopic (exact) mass is 317 g/mol. The Bertz CT molecular complexity index is 509. The average Bonchev–Trinajstić information content (AvgIpc) is 2.43. The van der Waals surface area contributed by atoms with Crippen LogP contribution in [0.4, 0.5) is 13.2 Å². The van der Waals surface area contributed by atoms with Gasteiger partial charge in [0.25, 0.3) is 5.91 Å². The van der Waals surface area contributed by atoms with Crippen molar-refractivity contribution in [2.45, 2.75) is 32.1 Å². The zero-order chi connectivity index (χ0) is 16.3. The number of carbonyl (C=O) groups excluding carboxylic acids is 1. The topological polar surface area (TPSA) is 54.5 Å². The second-order valence-electron chi connectivity index (χ2n) is 5.47. The molecule has 2 rings (SSSR count). The lowest BCUT2D eigenvalue weighted by molar-refractivity contribution is -0.154. The number of alkyl halides is 3. The number of amides is 1. The van der Waals surface area contributed by atoms with Gasteiger partial charge in [0.1, 0.15) is 0 Å². The quantitative estimate of drug-likeness (QED) is 0.924. The van der Waals surface area contributed by atoms with Gasteiger partial charge in [0.15, 0.2) is 6.61 Å². The Morgan fingerprint density at radius 1 is 1.36 bits per heavy atom. The molecule has 1 aromatic heterocycles. The van der Waals surface area contributed by atoms with Crippen LogP contribution in [0.2, 0.25) is 0 Å². The maximum Gasteiger partial charge on any atom is 0.422 e. The van der Waals surface area contributed by atoms with Crippen molar-refractivity contribution in [3.63, 3.8) is 0 Å². The highest BCUT2D eigenvalue weighted by molar-refractivity contribution is 5.94. The number of piperazine rings is 1. The fourth-order valence-electron chi connectivity index (χ4n) is 2.42. The number of pyridine rings is 1. The van der Waals surface area contributed by atoms with E-state index in [1.807, 2.05) is 13.8 Å². The van der Waals surface area contributed by atoms with Gasteiger partial charge in [-0.2, -0.15) is 13.2 Å². The van der Waals surface area contributed by atoms with E-state index in [1.54, 1.807) is 4.90 Å². The van der Waals surface area contributed by atoms with Crippen LogP contribution in [-0.2, 0) is 0 Å². The third-order valence-corrected chi connectivity index (χ3v) is 3.21. The second kappa shape index (κ2) is 6.51. The highest BCUT2D eigenvalue weighted by Crippen LogP contribution is 2.17. The molecule has 1 saturated heterocycles. The van der Waals surface area contributed by atoms with Gasteiger partial charge in [-0.25, -0.2) is 4.98 Å². The van der Waals surface area contributed by atoms with E-state index in [-0.39, 0.29) is 23.9 Å². The number of nitrogens with one attached hydrogen (secondary N) is 1. The van der Waals surface area contributed by atoms with Gasteiger partial charge >= 0.3 is 6.18 Å². The Hall–Kier alpha value is -1.83. The summed E-state index contributed by atoms with van der Waals surface area (Å²) >= 11 is 0. The highest BCUT2D eigenvalue weighted by atomic mass is 19.4. The summed E-state index contributed by atoms with van der Waals surface area (Å²) in [5.41, 5.74) is 0.334.